The number of benzene rings is 2. The third-order valence-electron chi connectivity index (χ3n) is 5.80. The minimum absolute atomic E-state index is 0.0630. The summed E-state index contributed by atoms with van der Waals surface area (Å²) in [6, 6.07) is 18.7. The first-order chi connectivity index (χ1) is 16.5. The predicted molar refractivity (Wildman–Crippen MR) is 134 cm³/mol. The molecule has 0 saturated carbocycles. The molecule has 0 spiro atoms. The van der Waals surface area contributed by atoms with Gasteiger partial charge >= 0.3 is 6.03 Å². The molecule has 2 heterocycles. The van der Waals surface area contributed by atoms with Gasteiger partial charge in [-0.2, -0.15) is 0 Å². The van der Waals surface area contributed by atoms with Gasteiger partial charge < -0.3 is 14.7 Å². The van der Waals surface area contributed by atoms with Crippen molar-refractivity contribution in [1.29, 1.82) is 0 Å². The van der Waals surface area contributed by atoms with Crippen LogP contribution in [-0.2, 0) is 24.3 Å². The first kappa shape index (κ1) is 24.0. The number of pyridine rings is 1. The average Bonchev–Trinajstić information content (AvgIpc) is 2.84. The SMILES string of the molecule is O=C(Cc1ccncc1)N1CCN(C(=O)N(Cc2cccc(Cl)c2)Cc2cccc(Cl)c2)CC1. The number of carbonyl (C=O) groups excluding carboxylic acids is 2. The van der Waals surface area contributed by atoms with Crippen molar-refractivity contribution in [2.75, 3.05) is 26.2 Å². The van der Waals surface area contributed by atoms with E-state index in [2.05, 4.69) is 4.98 Å². The van der Waals surface area contributed by atoms with E-state index in [9.17, 15) is 9.59 Å². The Balaban J connectivity index is 1.42. The molecule has 0 N–H and O–H groups in total. The van der Waals surface area contributed by atoms with E-state index >= 15 is 0 Å². The molecule has 176 valence electrons. The number of hydrogen-bond acceptors (Lipinski definition) is 3. The van der Waals surface area contributed by atoms with Crippen molar-refractivity contribution in [1.82, 2.24) is 19.7 Å². The lowest BCUT2D eigenvalue weighted by Crippen LogP contribution is -2.54. The highest BCUT2D eigenvalue weighted by atomic mass is 35.5. The molecule has 0 radical (unpaired) electrons. The summed E-state index contributed by atoms with van der Waals surface area (Å²) in [6.07, 6.45) is 3.72. The van der Waals surface area contributed by atoms with Crippen molar-refractivity contribution >= 4 is 35.1 Å². The number of carbonyl (C=O) groups is 2. The Labute approximate surface area is 209 Å². The van der Waals surface area contributed by atoms with Crippen LogP contribution in [0.15, 0.2) is 73.1 Å². The quantitative estimate of drug-likeness (QED) is 0.487. The zero-order chi connectivity index (χ0) is 23.9. The zero-order valence-electron chi connectivity index (χ0n) is 18.7. The zero-order valence-corrected chi connectivity index (χ0v) is 20.3. The number of rotatable bonds is 6. The van der Waals surface area contributed by atoms with Gasteiger partial charge in [0.05, 0.1) is 6.42 Å². The summed E-state index contributed by atoms with van der Waals surface area (Å²) in [5, 5.41) is 1.27. The third-order valence-corrected chi connectivity index (χ3v) is 6.27. The number of piperazine rings is 1. The number of aromatic nitrogens is 1. The van der Waals surface area contributed by atoms with E-state index in [4.69, 9.17) is 23.2 Å². The summed E-state index contributed by atoms with van der Waals surface area (Å²) >= 11 is 12.3. The molecule has 3 amide bonds. The van der Waals surface area contributed by atoms with Gasteiger partial charge in [-0.25, -0.2) is 4.79 Å². The smallest absolute Gasteiger partial charge is 0.320 e. The van der Waals surface area contributed by atoms with Crippen LogP contribution in [0, 0.1) is 0 Å². The largest absolute Gasteiger partial charge is 0.339 e. The highest BCUT2D eigenvalue weighted by Crippen LogP contribution is 2.19. The van der Waals surface area contributed by atoms with Crippen LogP contribution in [0.4, 0.5) is 4.79 Å². The maximum Gasteiger partial charge on any atom is 0.320 e. The standard InChI is InChI=1S/C26H26Cl2N4O2/c27-23-5-1-3-21(15-23)18-32(19-22-4-2-6-24(28)16-22)26(34)31-13-11-30(12-14-31)25(33)17-20-7-9-29-10-8-20/h1-10,15-16H,11-14,17-19H2. The van der Waals surface area contributed by atoms with Gasteiger partial charge in [-0.15, -0.1) is 0 Å². The monoisotopic (exact) mass is 496 g/mol. The first-order valence-corrected chi connectivity index (χ1v) is 11.9. The van der Waals surface area contributed by atoms with Crippen LogP contribution in [0.2, 0.25) is 10.0 Å². The molecule has 8 heteroatoms. The maximum atomic E-state index is 13.5. The van der Waals surface area contributed by atoms with Crippen LogP contribution in [-0.4, -0.2) is 57.8 Å². The van der Waals surface area contributed by atoms with Crippen LogP contribution >= 0.6 is 23.2 Å². The molecular formula is C26H26Cl2N4O2. The lowest BCUT2D eigenvalue weighted by Gasteiger charge is -2.37. The molecule has 2 aromatic carbocycles. The van der Waals surface area contributed by atoms with Crippen molar-refractivity contribution < 1.29 is 9.59 Å². The molecule has 1 saturated heterocycles. The summed E-state index contributed by atoms with van der Waals surface area (Å²) in [4.78, 5) is 35.6. The van der Waals surface area contributed by atoms with Gasteiger partial charge in [-0.05, 0) is 53.1 Å². The molecule has 0 unspecified atom stereocenters. The number of urea groups is 1. The Hall–Kier alpha value is -3.09. The van der Waals surface area contributed by atoms with Gasteiger partial charge in [0.15, 0.2) is 0 Å². The summed E-state index contributed by atoms with van der Waals surface area (Å²) in [6.45, 7) is 2.85. The predicted octanol–water partition coefficient (Wildman–Crippen LogP) is 4.90. The lowest BCUT2D eigenvalue weighted by molar-refractivity contribution is -0.131. The normalized spacial score (nSPS) is 13.6. The van der Waals surface area contributed by atoms with Gasteiger partial charge in [0.2, 0.25) is 5.91 Å². The second-order valence-electron chi connectivity index (χ2n) is 8.30. The fourth-order valence-corrected chi connectivity index (χ4v) is 4.46. The fraction of sp³-hybridized carbons (Fsp3) is 0.269. The molecule has 1 aliphatic heterocycles. The van der Waals surface area contributed by atoms with E-state index in [1.54, 1.807) is 17.3 Å². The highest BCUT2D eigenvalue weighted by molar-refractivity contribution is 6.30. The molecule has 0 bridgehead atoms. The van der Waals surface area contributed by atoms with Crippen molar-refractivity contribution in [2.24, 2.45) is 0 Å². The molecule has 6 nitrogen and oxygen atoms in total. The molecule has 0 aliphatic carbocycles. The Morgan fingerprint density at radius 3 is 1.82 bits per heavy atom. The second kappa shape index (κ2) is 11.4. The van der Waals surface area contributed by atoms with E-state index < -0.39 is 0 Å². The Morgan fingerprint density at radius 2 is 1.29 bits per heavy atom. The van der Waals surface area contributed by atoms with Crippen LogP contribution in [0.25, 0.3) is 0 Å². The molecule has 1 aromatic heterocycles. The fourth-order valence-electron chi connectivity index (χ4n) is 4.04. The van der Waals surface area contributed by atoms with Crippen molar-refractivity contribution in [3.8, 4) is 0 Å². The Kier molecular flexibility index (Phi) is 8.03. The Bertz CT molecular complexity index is 1090. The van der Waals surface area contributed by atoms with E-state index in [1.165, 1.54) is 0 Å². The summed E-state index contributed by atoms with van der Waals surface area (Å²) < 4.78 is 0. The van der Waals surface area contributed by atoms with Crippen LogP contribution in [0.1, 0.15) is 16.7 Å². The van der Waals surface area contributed by atoms with E-state index in [0.717, 1.165) is 16.7 Å². The van der Waals surface area contributed by atoms with Crippen molar-refractivity contribution in [2.45, 2.75) is 19.5 Å². The second-order valence-corrected chi connectivity index (χ2v) is 9.17. The lowest BCUT2D eigenvalue weighted by atomic mass is 10.1. The molecule has 1 aliphatic rings. The molecule has 3 aromatic rings. The summed E-state index contributed by atoms with van der Waals surface area (Å²) in [5.41, 5.74) is 2.84. The minimum Gasteiger partial charge on any atom is -0.339 e. The van der Waals surface area contributed by atoms with Crippen molar-refractivity contribution in [3.63, 3.8) is 0 Å². The molecule has 4 rings (SSSR count). The molecule has 34 heavy (non-hydrogen) atoms. The van der Waals surface area contributed by atoms with Crippen LogP contribution in [0.3, 0.4) is 0 Å². The molecule has 0 atom stereocenters. The van der Waals surface area contributed by atoms with Crippen LogP contribution in [0.5, 0.6) is 0 Å². The minimum atomic E-state index is -0.0683. The van der Waals surface area contributed by atoms with Gasteiger partial charge in [0.25, 0.3) is 0 Å². The Morgan fingerprint density at radius 1 is 0.765 bits per heavy atom. The van der Waals surface area contributed by atoms with Crippen LogP contribution < -0.4 is 0 Å². The number of amides is 3. The number of halogens is 2. The van der Waals surface area contributed by atoms with E-state index in [0.29, 0.717) is 55.7 Å². The van der Waals surface area contributed by atoms with Crippen molar-refractivity contribution in [3.05, 3.63) is 99.8 Å². The number of nitrogens with zero attached hydrogens (tertiary/aromatic N) is 4. The molecule has 1 fully saturated rings. The van der Waals surface area contributed by atoms with Gasteiger partial charge in [0, 0.05) is 61.7 Å². The molecular weight excluding hydrogens is 471 g/mol. The topological polar surface area (TPSA) is 56.8 Å². The highest BCUT2D eigenvalue weighted by Gasteiger charge is 2.27. The maximum absolute atomic E-state index is 13.5. The van der Waals surface area contributed by atoms with Gasteiger partial charge in [0.1, 0.15) is 0 Å². The van der Waals surface area contributed by atoms with Gasteiger partial charge in [-0.1, -0.05) is 47.5 Å². The third kappa shape index (κ3) is 6.49. The first-order valence-electron chi connectivity index (χ1n) is 11.2. The van der Waals surface area contributed by atoms with Gasteiger partial charge in [-0.3, -0.25) is 9.78 Å². The van der Waals surface area contributed by atoms with E-state index in [-0.39, 0.29) is 11.9 Å². The summed E-state index contributed by atoms with van der Waals surface area (Å²) in [7, 11) is 0. The average molecular weight is 497 g/mol. The van der Waals surface area contributed by atoms with E-state index in [1.807, 2.05) is 70.5 Å². The summed E-state index contributed by atoms with van der Waals surface area (Å²) in [5.74, 6) is 0.0630. The number of hydrogen-bond donors (Lipinski definition) is 0.